The Bertz CT molecular complexity index is 364. The summed E-state index contributed by atoms with van der Waals surface area (Å²) in [6.07, 6.45) is 5.09. The quantitative estimate of drug-likeness (QED) is 0.820. The van der Waals surface area contributed by atoms with Gasteiger partial charge < -0.3 is 9.47 Å². The second-order valence-electron chi connectivity index (χ2n) is 4.28. The highest BCUT2D eigenvalue weighted by molar-refractivity contribution is 6.13. The van der Waals surface area contributed by atoms with Crippen LogP contribution in [0.2, 0.25) is 0 Å². The van der Waals surface area contributed by atoms with E-state index in [9.17, 15) is 0 Å². The molecule has 94 valence electrons. The summed E-state index contributed by atoms with van der Waals surface area (Å²) in [5.41, 5.74) is 1.03. The maximum absolute atomic E-state index is 6.06. The van der Waals surface area contributed by atoms with Crippen LogP contribution in [0.3, 0.4) is 0 Å². The molecule has 0 spiro atoms. The zero-order chi connectivity index (χ0) is 12.1. The highest BCUT2D eigenvalue weighted by Crippen LogP contribution is 2.34. The van der Waals surface area contributed by atoms with Crippen LogP contribution in [-0.4, -0.2) is 13.2 Å². The van der Waals surface area contributed by atoms with E-state index < -0.39 is 0 Å². The van der Waals surface area contributed by atoms with Crippen LogP contribution in [0.25, 0.3) is 0 Å². The van der Waals surface area contributed by atoms with E-state index in [-0.39, 0.29) is 0 Å². The third-order valence-corrected chi connectivity index (χ3v) is 3.26. The largest absolute Gasteiger partial charge is 0.493 e. The molecule has 0 atom stereocenters. The Morgan fingerprint density at radius 3 is 2.76 bits per heavy atom. The number of nitrogens with one attached hydrogen (secondary N) is 1. The molecule has 17 heavy (non-hydrogen) atoms. The summed E-state index contributed by atoms with van der Waals surface area (Å²) in [7, 11) is 1.66. The Morgan fingerprint density at radius 1 is 1.35 bits per heavy atom. The topological polar surface area (TPSA) is 30.5 Å². The predicted molar refractivity (Wildman–Crippen MR) is 68.6 cm³/mol. The molecule has 0 aromatic heterocycles. The summed E-state index contributed by atoms with van der Waals surface area (Å²) in [6, 6.07) is 5.87. The number of para-hydroxylation sites is 1. The fourth-order valence-electron chi connectivity index (χ4n) is 2.24. The van der Waals surface area contributed by atoms with Gasteiger partial charge in [0.15, 0.2) is 11.5 Å². The van der Waals surface area contributed by atoms with E-state index in [2.05, 4.69) is 4.84 Å². The first-order chi connectivity index (χ1) is 8.35. The van der Waals surface area contributed by atoms with Crippen LogP contribution in [0, 0.1) is 0 Å². The SMILES string of the molecule is COc1cccc(CNCl)c1OC1CCCC1. The number of hydrogen-bond donors (Lipinski definition) is 1. The Balaban J connectivity index is 2.20. The zero-order valence-electron chi connectivity index (χ0n) is 10.0. The molecule has 1 aliphatic carbocycles. The summed E-state index contributed by atoms with van der Waals surface area (Å²) in [5, 5.41) is 0. The minimum absolute atomic E-state index is 0.320. The van der Waals surface area contributed by atoms with Gasteiger partial charge in [-0.05, 0) is 43.5 Å². The van der Waals surface area contributed by atoms with Gasteiger partial charge in [-0.15, -0.1) is 0 Å². The second kappa shape index (κ2) is 6.12. The molecule has 0 unspecified atom stereocenters. The molecule has 1 N–H and O–H groups in total. The number of rotatable bonds is 5. The molecule has 3 nitrogen and oxygen atoms in total. The van der Waals surface area contributed by atoms with Crippen molar-refractivity contribution in [3.63, 3.8) is 0 Å². The zero-order valence-corrected chi connectivity index (χ0v) is 10.8. The van der Waals surface area contributed by atoms with Gasteiger partial charge in [-0.3, -0.25) is 0 Å². The molecule has 0 amide bonds. The number of benzene rings is 1. The van der Waals surface area contributed by atoms with Crippen molar-refractivity contribution < 1.29 is 9.47 Å². The lowest BCUT2D eigenvalue weighted by molar-refractivity contribution is 0.198. The number of halogens is 1. The third-order valence-electron chi connectivity index (χ3n) is 3.12. The van der Waals surface area contributed by atoms with Gasteiger partial charge in [-0.25, -0.2) is 4.84 Å². The van der Waals surface area contributed by atoms with Gasteiger partial charge in [0.1, 0.15) is 0 Å². The number of hydrogen-bond acceptors (Lipinski definition) is 3. The van der Waals surface area contributed by atoms with Crippen molar-refractivity contribution in [2.45, 2.75) is 38.3 Å². The van der Waals surface area contributed by atoms with E-state index in [1.807, 2.05) is 18.2 Å². The summed E-state index contributed by atoms with van der Waals surface area (Å²) in [4.78, 5) is 2.64. The van der Waals surface area contributed by atoms with Crippen LogP contribution in [0.1, 0.15) is 31.2 Å². The van der Waals surface area contributed by atoms with Gasteiger partial charge in [0.25, 0.3) is 0 Å². The highest BCUT2D eigenvalue weighted by atomic mass is 35.5. The van der Waals surface area contributed by atoms with Crippen molar-refractivity contribution in [1.82, 2.24) is 4.84 Å². The predicted octanol–water partition coefficient (Wildman–Crippen LogP) is 3.26. The molecule has 0 aliphatic heterocycles. The molecule has 1 aromatic carbocycles. The van der Waals surface area contributed by atoms with Crippen molar-refractivity contribution in [2.75, 3.05) is 7.11 Å². The summed E-state index contributed by atoms with van der Waals surface area (Å²) >= 11 is 5.57. The van der Waals surface area contributed by atoms with Crippen LogP contribution >= 0.6 is 11.8 Å². The van der Waals surface area contributed by atoms with E-state index in [1.165, 1.54) is 12.8 Å². The second-order valence-corrected chi connectivity index (χ2v) is 4.55. The van der Waals surface area contributed by atoms with Crippen LogP contribution in [0.5, 0.6) is 11.5 Å². The van der Waals surface area contributed by atoms with Crippen molar-refractivity contribution >= 4 is 11.8 Å². The minimum atomic E-state index is 0.320. The number of ether oxygens (including phenoxy) is 2. The fraction of sp³-hybridized carbons (Fsp3) is 0.538. The first kappa shape index (κ1) is 12.5. The molecular weight excluding hydrogens is 238 g/mol. The first-order valence-corrected chi connectivity index (χ1v) is 6.39. The normalized spacial score (nSPS) is 16.1. The van der Waals surface area contributed by atoms with Crippen molar-refractivity contribution in [2.24, 2.45) is 0 Å². The molecule has 0 heterocycles. The summed E-state index contributed by atoms with van der Waals surface area (Å²) < 4.78 is 11.4. The highest BCUT2D eigenvalue weighted by Gasteiger charge is 2.20. The van der Waals surface area contributed by atoms with Crippen molar-refractivity contribution in [1.29, 1.82) is 0 Å². The van der Waals surface area contributed by atoms with Crippen LogP contribution in [0.15, 0.2) is 18.2 Å². The fourth-order valence-corrected chi connectivity index (χ4v) is 2.38. The van der Waals surface area contributed by atoms with E-state index in [1.54, 1.807) is 7.11 Å². The van der Waals surface area contributed by atoms with E-state index in [0.29, 0.717) is 12.6 Å². The Kier molecular flexibility index (Phi) is 4.51. The van der Waals surface area contributed by atoms with Gasteiger partial charge in [-0.2, -0.15) is 0 Å². The van der Waals surface area contributed by atoms with Gasteiger partial charge in [0.2, 0.25) is 0 Å². The lowest BCUT2D eigenvalue weighted by Gasteiger charge is -2.18. The molecule has 1 saturated carbocycles. The monoisotopic (exact) mass is 255 g/mol. The first-order valence-electron chi connectivity index (χ1n) is 6.01. The summed E-state index contributed by atoms with van der Waals surface area (Å²) in [5.74, 6) is 1.61. The Morgan fingerprint density at radius 2 is 2.12 bits per heavy atom. The average molecular weight is 256 g/mol. The van der Waals surface area contributed by atoms with Crippen molar-refractivity contribution in [3.05, 3.63) is 23.8 Å². The molecule has 1 aromatic rings. The maximum atomic E-state index is 6.06. The molecule has 4 heteroatoms. The molecule has 0 bridgehead atoms. The number of methoxy groups -OCH3 is 1. The van der Waals surface area contributed by atoms with Crippen LogP contribution in [0.4, 0.5) is 0 Å². The Labute approximate surface area is 107 Å². The van der Waals surface area contributed by atoms with E-state index in [0.717, 1.165) is 29.9 Å². The molecule has 0 saturated heterocycles. The van der Waals surface area contributed by atoms with Crippen LogP contribution in [-0.2, 0) is 6.54 Å². The minimum Gasteiger partial charge on any atom is -0.493 e. The lowest BCUT2D eigenvalue weighted by Crippen LogP contribution is -2.14. The van der Waals surface area contributed by atoms with Crippen molar-refractivity contribution in [3.8, 4) is 11.5 Å². The molecule has 1 fully saturated rings. The standard InChI is InChI=1S/C13H18ClNO2/c1-16-12-8-4-5-10(9-15-14)13(12)17-11-6-2-3-7-11/h4-5,8,11,15H,2-3,6-7,9H2,1H3. The molecule has 1 aliphatic rings. The maximum Gasteiger partial charge on any atom is 0.166 e. The lowest BCUT2D eigenvalue weighted by atomic mass is 10.2. The third kappa shape index (κ3) is 3.05. The molecule has 0 radical (unpaired) electrons. The smallest absolute Gasteiger partial charge is 0.166 e. The van der Waals surface area contributed by atoms with Gasteiger partial charge in [-0.1, -0.05) is 12.1 Å². The summed E-state index contributed by atoms with van der Waals surface area (Å²) in [6.45, 7) is 0.570. The van der Waals surface area contributed by atoms with Gasteiger partial charge in [0, 0.05) is 12.1 Å². The molecule has 2 rings (SSSR count). The van der Waals surface area contributed by atoms with Gasteiger partial charge >= 0.3 is 0 Å². The van der Waals surface area contributed by atoms with E-state index in [4.69, 9.17) is 21.3 Å². The molecular formula is C13H18ClNO2. The van der Waals surface area contributed by atoms with Gasteiger partial charge in [0.05, 0.1) is 13.2 Å². The average Bonchev–Trinajstić information content (AvgIpc) is 2.84. The van der Waals surface area contributed by atoms with E-state index >= 15 is 0 Å². The Hall–Kier alpha value is -0.930. The van der Waals surface area contributed by atoms with Crippen LogP contribution < -0.4 is 14.3 Å².